The highest BCUT2D eigenvalue weighted by atomic mass is 32.2. The number of furan rings is 1. The fraction of sp³-hybridized carbons (Fsp3) is 0.217. The van der Waals surface area contributed by atoms with Crippen LogP contribution in [0.5, 0.6) is 0 Å². The van der Waals surface area contributed by atoms with Crippen molar-refractivity contribution in [3.63, 3.8) is 0 Å². The summed E-state index contributed by atoms with van der Waals surface area (Å²) in [5.41, 5.74) is 1.62. The molecule has 160 valence electrons. The molecule has 0 bridgehead atoms. The van der Waals surface area contributed by atoms with E-state index in [9.17, 15) is 4.79 Å². The molecule has 1 fully saturated rings. The molecule has 4 heterocycles. The second-order valence-corrected chi connectivity index (χ2v) is 9.96. The molecule has 0 radical (unpaired) electrons. The molecule has 32 heavy (non-hydrogen) atoms. The molecule has 1 saturated carbocycles. The first-order chi connectivity index (χ1) is 15.7. The molecule has 4 aromatic heterocycles. The lowest BCUT2D eigenvalue weighted by atomic mass is 10.2. The van der Waals surface area contributed by atoms with E-state index in [1.807, 2.05) is 59.5 Å². The van der Waals surface area contributed by atoms with Crippen molar-refractivity contribution in [2.75, 3.05) is 0 Å². The van der Waals surface area contributed by atoms with Crippen molar-refractivity contribution in [2.24, 2.45) is 0 Å². The predicted octanol–water partition coefficient (Wildman–Crippen LogP) is 5.56. The van der Waals surface area contributed by atoms with E-state index in [-0.39, 0.29) is 10.8 Å². The molecule has 0 aliphatic heterocycles. The third-order valence-electron chi connectivity index (χ3n) is 5.47. The Hall–Kier alpha value is -3.17. The van der Waals surface area contributed by atoms with E-state index in [4.69, 9.17) is 19.5 Å². The molecular weight excluding hydrogens is 442 g/mol. The molecule has 1 aromatic carbocycles. The van der Waals surface area contributed by atoms with E-state index >= 15 is 0 Å². The second-order valence-electron chi connectivity index (χ2n) is 7.79. The van der Waals surface area contributed by atoms with Crippen molar-refractivity contribution in [1.82, 2.24) is 24.7 Å². The minimum absolute atomic E-state index is 0.111. The number of nitrogens with zero attached hydrogens (tertiary/aromatic N) is 4. The summed E-state index contributed by atoms with van der Waals surface area (Å²) in [7, 11) is 0. The fourth-order valence-corrected chi connectivity index (χ4v) is 5.45. The van der Waals surface area contributed by atoms with Crippen molar-refractivity contribution < 1.29 is 4.42 Å². The minimum atomic E-state index is -0.161. The lowest BCUT2D eigenvalue weighted by molar-refractivity contribution is 0.583. The van der Waals surface area contributed by atoms with Gasteiger partial charge in [-0.15, -0.1) is 16.4 Å². The molecule has 1 aliphatic carbocycles. The number of nitrogens with one attached hydrogen (secondary N) is 1. The first kappa shape index (κ1) is 19.5. The molecule has 1 aliphatic rings. The topological polar surface area (TPSA) is 89.6 Å². The standard InChI is InChI=1S/C23H19N5O2S2/c1-13(19-24-21(29)18-16(12-31-22(18)25-19)17-8-5-11-30-17)32-23-26-20(14-9-10-14)28(27-23)15-6-3-2-4-7-15/h2-8,11-14H,9-10H2,1H3,(H,24,25,29). The quantitative estimate of drug-likeness (QED) is 0.333. The number of hydrogen-bond donors (Lipinski definition) is 1. The maximum absolute atomic E-state index is 12.9. The van der Waals surface area contributed by atoms with Gasteiger partial charge in [-0.25, -0.2) is 14.6 Å². The monoisotopic (exact) mass is 461 g/mol. The first-order valence-electron chi connectivity index (χ1n) is 10.4. The van der Waals surface area contributed by atoms with Crippen LogP contribution in [0.2, 0.25) is 0 Å². The summed E-state index contributed by atoms with van der Waals surface area (Å²) in [4.78, 5) is 26.1. The number of rotatable bonds is 6. The maximum Gasteiger partial charge on any atom is 0.260 e. The van der Waals surface area contributed by atoms with Gasteiger partial charge in [-0.05, 0) is 44.0 Å². The van der Waals surface area contributed by atoms with Gasteiger partial charge in [0.25, 0.3) is 5.56 Å². The van der Waals surface area contributed by atoms with E-state index in [0.717, 1.165) is 29.9 Å². The van der Waals surface area contributed by atoms with Crippen molar-refractivity contribution >= 4 is 33.3 Å². The Kier molecular flexibility index (Phi) is 4.73. The summed E-state index contributed by atoms with van der Waals surface area (Å²) >= 11 is 2.95. The van der Waals surface area contributed by atoms with Gasteiger partial charge in [0.15, 0.2) is 0 Å². The molecule has 1 unspecified atom stereocenters. The largest absolute Gasteiger partial charge is 0.464 e. The van der Waals surface area contributed by atoms with Crippen LogP contribution in [0.25, 0.3) is 27.2 Å². The summed E-state index contributed by atoms with van der Waals surface area (Å²) in [6.45, 7) is 2.01. The van der Waals surface area contributed by atoms with E-state index < -0.39 is 0 Å². The number of benzene rings is 1. The molecule has 9 heteroatoms. The highest BCUT2D eigenvalue weighted by molar-refractivity contribution is 7.99. The van der Waals surface area contributed by atoms with Gasteiger partial charge in [-0.2, -0.15) is 0 Å². The van der Waals surface area contributed by atoms with E-state index in [1.54, 1.807) is 6.26 Å². The Balaban J connectivity index is 1.32. The lowest BCUT2D eigenvalue weighted by Gasteiger charge is -2.08. The Labute approximate surface area is 191 Å². The summed E-state index contributed by atoms with van der Waals surface area (Å²) in [6.07, 6.45) is 3.89. The number of thioether (sulfide) groups is 1. The predicted molar refractivity (Wildman–Crippen MR) is 126 cm³/mol. The smallest absolute Gasteiger partial charge is 0.260 e. The minimum Gasteiger partial charge on any atom is -0.464 e. The van der Waals surface area contributed by atoms with E-state index in [2.05, 4.69) is 4.98 Å². The van der Waals surface area contributed by atoms with Gasteiger partial charge in [0.1, 0.15) is 22.2 Å². The third-order valence-corrected chi connectivity index (χ3v) is 7.30. The molecule has 1 N–H and O–H groups in total. The molecule has 1 atom stereocenters. The fourth-order valence-electron chi connectivity index (χ4n) is 3.70. The molecule has 7 nitrogen and oxygen atoms in total. The number of aromatic nitrogens is 5. The Morgan fingerprint density at radius 2 is 2.03 bits per heavy atom. The zero-order valence-corrected chi connectivity index (χ0v) is 18.8. The number of aromatic amines is 1. The van der Waals surface area contributed by atoms with Gasteiger partial charge < -0.3 is 9.40 Å². The number of fused-ring (bicyclic) bond motifs is 1. The molecule has 6 rings (SSSR count). The van der Waals surface area contributed by atoms with Gasteiger partial charge in [0.05, 0.1) is 22.6 Å². The van der Waals surface area contributed by atoms with Crippen LogP contribution >= 0.6 is 23.1 Å². The summed E-state index contributed by atoms with van der Waals surface area (Å²) in [5.74, 6) is 2.75. The SMILES string of the molecule is CC(Sc1nc(C2CC2)n(-c2ccccc2)n1)c1nc2scc(-c3ccco3)c2c(=O)[nH]1. The van der Waals surface area contributed by atoms with Gasteiger partial charge in [0, 0.05) is 16.9 Å². The summed E-state index contributed by atoms with van der Waals surface area (Å²) in [6, 6.07) is 13.7. The number of H-pyrrole nitrogens is 1. The first-order valence-corrected chi connectivity index (χ1v) is 12.2. The van der Waals surface area contributed by atoms with Gasteiger partial charge in [0.2, 0.25) is 5.16 Å². The Morgan fingerprint density at radius 1 is 1.19 bits per heavy atom. The zero-order chi connectivity index (χ0) is 21.7. The van der Waals surface area contributed by atoms with Gasteiger partial charge in [-0.1, -0.05) is 30.0 Å². The van der Waals surface area contributed by atoms with Crippen LogP contribution in [0.3, 0.4) is 0 Å². The van der Waals surface area contributed by atoms with Crippen LogP contribution in [-0.4, -0.2) is 24.7 Å². The number of thiophene rings is 1. The van der Waals surface area contributed by atoms with Crippen LogP contribution in [0.1, 0.15) is 42.6 Å². The van der Waals surface area contributed by atoms with E-state index in [1.165, 1.54) is 23.1 Å². The van der Waals surface area contributed by atoms with Crippen LogP contribution < -0.4 is 5.56 Å². The van der Waals surface area contributed by atoms with Crippen molar-refractivity contribution in [3.05, 3.63) is 76.1 Å². The third kappa shape index (κ3) is 3.47. The average Bonchev–Trinajstić information content (AvgIpc) is 3.18. The Morgan fingerprint density at radius 3 is 2.78 bits per heavy atom. The summed E-state index contributed by atoms with van der Waals surface area (Å²) in [5, 5.41) is 7.82. The molecular formula is C23H19N5O2S2. The van der Waals surface area contributed by atoms with Gasteiger partial charge >= 0.3 is 0 Å². The van der Waals surface area contributed by atoms with E-state index in [0.29, 0.717) is 32.9 Å². The maximum atomic E-state index is 12.9. The molecule has 0 spiro atoms. The van der Waals surface area contributed by atoms with Crippen molar-refractivity contribution in [1.29, 1.82) is 0 Å². The average molecular weight is 462 g/mol. The lowest BCUT2D eigenvalue weighted by Crippen LogP contribution is -2.12. The zero-order valence-electron chi connectivity index (χ0n) is 17.2. The molecule has 0 saturated heterocycles. The number of hydrogen-bond acceptors (Lipinski definition) is 7. The Bertz CT molecular complexity index is 1450. The highest BCUT2D eigenvalue weighted by Gasteiger charge is 2.31. The van der Waals surface area contributed by atoms with Crippen LogP contribution in [0, 0.1) is 0 Å². The summed E-state index contributed by atoms with van der Waals surface area (Å²) < 4.78 is 7.42. The van der Waals surface area contributed by atoms with Crippen molar-refractivity contribution in [3.8, 4) is 17.0 Å². The van der Waals surface area contributed by atoms with Crippen molar-refractivity contribution in [2.45, 2.75) is 36.1 Å². The highest BCUT2D eigenvalue weighted by Crippen LogP contribution is 2.41. The van der Waals surface area contributed by atoms with Gasteiger partial charge in [-0.3, -0.25) is 4.79 Å². The second kappa shape index (κ2) is 7.75. The normalized spacial score (nSPS) is 14.8. The van der Waals surface area contributed by atoms with Crippen LogP contribution in [0.15, 0.2) is 68.5 Å². The molecule has 0 amide bonds. The van der Waals surface area contributed by atoms with Crippen LogP contribution in [0.4, 0.5) is 0 Å². The van der Waals surface area contributed by atoms with Crippen LogP contribution in [-0.2, 0) is 0 Å². The molecule has 5 aromatic rings. The number of para-hydroxylation sites is 1.